The fourth-order valence-electron chi connectivity index (χ4n) is 3.71. The Kier molecular flexibility index (Phi) is 4.34. The minimum absolute atomic E-state index is 0.00372. The van der Waals surface area contributed by atoms with Gasteiger partial charge in [-0.3, -0.25) is 25.2 Å². The Morgan fingerprint density at radius 2 is 1.77 bits per heavy atom. The van der Waals surface area contributed by atoms with E-state index in [1.807, 2.05) is 24.3 Å². The molecule has 0 amide bonds. The number of carbonyl (C=O) groups excluding carboxylic acids is 1. The quantitative estimate of drug-likeness (QED) is 0.679. The highest BCUT2D eigenvalue weighted by molar-refractivity contribution is 6.31. The topological polar surface area (TPSA) is 84.6 Å². The van der Waals surface area contributed by atoms with E-state index in [0.717, 1.165) is 42.6 Å². The van der Waals surface area contributed by atoms with E-state index in [9.17, 15) is 14.9 Å². The van der Waals surface area contributed by atoms with Crippen LogP contribution in [0.5, 0.6) is 0 Å². The molecule has 1 fully saturated rings. The minimum Gasteiger partial charge on any atom is -0.296 e. The summed E-state index contributed by atoms with van der Waals surface area (Å²) in [6.07, 6.45) is 3.22. The van der Waals surface area contributed by atoms with E-state index in [1.54, 1.807) is 12.1 Å². The Hall–Kier alpha value is -2.86. The van der Waals surface area contributed by atoms with Gasteiger partial charge in [-0.1, -0.05) is 36.4 Å². The molecule has 2 aliphatic rings. The number of nitrogens with zero attached hydrogens (tertiary/aromatic N) is 2. The first-order valence-corrected chi connectivity index (χ1v) is 8.84. The second-order valence-corrected chi connectivity index (χ2v) is 6.67. The van der Waals surface area contributed by atoms with E-state index in [-0.39, 0.29) is 17.6 Å². The molecular weight excluding hydrogens is 330 g/mol. The number of piperidine rings is 1. The SMILES string of the molecule is O=C1c2ccccc2C(=N[C@H]2CCCCN2)[C@H]1c1ccc([N+](=O)[O-])cc1. The summed E-state index contributed by atoms with van der Waals surface area (Å²) in [5.41, 5.74) is 3.06. The highest BCUT2D eigenvalue weighted by Crippen LogP contribution is 2.35. The molecule has 0 bridgehead atoms. The van der Waals surface area contributed by atoms with E-state index >= 15 is 0 Å². The number of carbonyl (C=O) groups is 1. The first-order valence-electron chi connectivity index (χ1n) is 8.84. The number of hydrogen-bond acceptors (Lipinski definition) is 5. The van der Waals surface area contributed by atoms with Crippen molar-refractivity contribution < 1.29 is 9.72 Å². The largest absolute Gasteiger partial charge is 0.296 e. The van der Waals surface area contributed by atoms with Crippen molar-refractivity contribution in [1.82, 2.24) is 5.32 Å². The van der Waals surface area contributed by atoms with Crippen molar-refractivity contribution in [2.45, 2.75) is 31.3 Å². The van der Waals surface area contributed by atoms with E-state index < -0.39 is 10.8 Å². The van der Waals surface area contributed by atoms with Crippen molar-refractivity contribution in [2.75, 3.05) is 6.54 Å². The second-order valence-electron chi connectivity index (χ2n) is 6.67. The summed E-state index contributed by atoms with van der Waals surface area (Å²) < 4.78 is 0. The van der Waals surface area contributed by atoms with Crippen LogP contribution in [0.25, 0.3) is 0 Å². The Balaban J connectivity index is 1.77. The van der Waals surface area contributed by atoms with Gasteiger partial charge in [0, 0.05) is 23.3 Å². The van der Waals surface area contributed by atoms with Crippen LogP contribution in [0, 0.1) is 10.1 Å². The van der Waals surface area contributed by atoms with Gasteiger partial charge in [0.15, 0.2) is 5.78 Å². The fourth-order valence-corrected chi connectivity index (χ4v) is 3.71. The Morgan fingerprint density at radius 3 is 2.42 bits per heavy atom. The van der Waals surface area contributed by atoms with Crippen molar-refractivity contribution in [2.24, 2.45) is 4.99 Å². The number of hydrogen-bond donors (Lipinski definition) is 1. The summed E-state index contributed by atoms with van der Waals surface area (Å²) in [7, 11) is 0. The zero-order chi connectivity index (χ0) is 18.1. The lowest BCUT2D eigenvalue weighted by Crippen LogP contribution is -2.33. The lowest BCUT2D eigenvalue weighted by molar-refractivity contribution is -0.384. The van der Waals surface area contributed by atoms with Crippen LogP contribution in [0.1, 0.15) is 46.7 Å². The number of aliphatic imine (C=N–C) groups is 1. The molecule has 26 heavy (non-hydrogen) atoms. The molecule has 2 atom stereocenters. The number of nitro groups is 1. The monoisotopic (exact) mass is 349 g/mol. The molecule has 1 heterocycles. The summed E-state index contributed by atoms with van der Waals surface area (Å²) in [6, 6.07) is 13.7. The molecule has 1 aliphatic heterocycles. The van der Waals surface area contributed by atoms with Gasteiger partial charge in [-0.15, -0.1) is 0 Å². The first kappa shape index (κ1) is 16.6. The zero-order valence-electron chi connectivity index (χ0n) is 14.2. The number of benzene rings is 2. The summed E-state index contributed by atoms with van der Waals surface area (Å²) in [6.45, 7) is 0.930. The highest BCUT2D eigenvalue weighted by Gasteiger charge is 2.38. The number of rotatable bonds is 3. The molecule has 0 aromatic heterocycles. The third-order valence-corrected chi connectivity index (χ3v) is 5.02. The molecule has 2 aromatic rings. The van der Waals surface area contributed by atoms with Gasteiger partial charge >= 0.3 is 0 Å². The molecule has 0 radical (unpaired) electrons. The molecule has 4 rings (SSSR count). The van der Waals surface area contributed by atoms with Crippen molar-refractivity contribution >= 4 is 17.2 Å². The number of nitrogens with one attached hydrogen (secondary N) is 1. The van der Waals surface area contributed by atoms with Crippen LogP contribution in [-0.4, -0.2) is 29.1 Å². The van der Waals surface area contributed by atoms with Crippen LogP contribution in [0.3, 0.4) is 0 Å². The van der Waals surface area contributed by atoms with Gasteiger partial charge in [-0.2, -0.15) is 0 Å². The molecule has 6 heteroatoms. The van der Waals surface area contributed by atoms with Crippen LogP contribution in [0.2, 0.25) is 0 Å². The molecule has 6 nitrogen and oxygen atoms in total. The summed E-state index contributed by atoms with van der Waals surface area (Å²) in [5.74, 6) is -0.499. The summed E-state index contributed by atoms with van der Waals surface area (Å²) in [5, 5.41) is 14.3. The maximum atomic E-state index is 13.0. The number of non-ortho nitro benzene ring substituents is 1. The molecule has 0 spiro atoms. The smallest absolute Gasteiger partial charge is 0.269 e. The van der Waals surface area contributed by atoms with Gasteiger partial charge in [0.1, 0.15) is 0 Å². The number of fused-ring (bicyclic) bond motifs is 1. The summed E-state index contributed by atoms with van der Waals surface area (Å²) in [4.78, 5) is 28.4. The zero-order valence-corrected chi connectivity index (χ0v) is 14.2. The molecular formula is C20H19N3O3. The molecule has 132 valence electrons. The average Bonchev–Trinajstić information content (AvgIpc) is 2.95. The Labute approximate surface area is 151 Å². The van der Waals surface area contributed by atoms with Gasteiger partial charge in [0.2, 0.25) is 0 Å². The molecule has 1 N–H and O–H groups in total. The second kappa shape index (κ2) is 6.80. The predicted octanol–water partition coefficient (Wildman–Crippen LogP) is 3.46. The first-order chi connectivity index (χ1) is 12.6. The number of ketones is 1. The van der Waals surface area contributed by atoms with Crippen LogP contribution in [0.4, 0.5) is 5.69 Å². The summed E-state index contributed by atoms with van der Waals surface area (Å²) >= 11 is 0. The van der Waals surface area contributed by atoms with Crippen molar-refractivity contribution in [3.05, 3.63) is 75.3 Å². The van der Waals surface area contributed by atoms with Gasteiger partial charge in [0.05, 0.1) is 22.7 Å². The van der Waals surface area contributed by atoms with Gasteiger partial charge < -0.3 is 0 Å². The molecule has 1 saturated heterocycles. The standard InChI is InChI=1S/C20H19N3O3/c24-20-16-6-2-1-5-15(16)19(22-17-7-3-4-12-21-17)18(20)13-8-10-14(11-9-13)23(25)26/h1-2,5-6,8-11,17-18,21H,3-4,7,12H2/t17-,18+/m0/s1. The Bertz CT molecular complexity index is 883. The molecule has 0 saturated carbocycles. The molecule has 2 aromatic carbocycles. The van der Waals surface area contributed by atoms with Crippen molar-refractivity contribution in [3.63, 3.8) is 0 Å². The minimum atomic E-state index is -0.503. The van der Waals surface area contributed by atoms with Gasteiger partial charge in [-0.05, 0) is 31.4 Å². The van der Waals surface area contributed by atoms with Gasteiger partial charge in [0.25, 0.3) is 5.69 Å². The van der Waals surface area contributed by atoms with Crippen LogP contribution in [0.15, 0.2) is 53.5 Å². The van der Waals surface area contributed by atoms with Crippen LogP contribution >= 0.6 is 0 Å². The van der Waals surface area contributed by atoms with E-state index in [4.69, 9.17) is 4.99 Å². The lowest BCUT2D eigenvalue weighted by Gasteiger charge is -2.22. The molecule has 1 aliphatic carbocycles. The molecule has 0 unspecified atom stereocenters. The number of Topliss-reactive ketones (excluding diaryl/α,β-unsaturated/α-hetero) is 1. The van der Waals surface area contributed by atoms with Crippen molar-refractivity contribution in [1.29, 1.82) is 0 Å². The average molecular weight is 349 g/mol. The lowest BCUT2D eigenvalue weighted by atomic mass is 9.93. The van der Waals surface area contributed by atoms with Crippen LogP contribution < -0.4 is 5.32 Å². The third kappa shape index (κ3) is 2.93. The van der Waals surface area contributed by atoms with Crippen molar-refractivity contribution in [3.8, 4) is 0 Å². The van der Waals surface area contributed by atoms with E-state index in [0.29, 0.717) is 5.56 Å². The van der Waals surface area contributed by atoms with E-state index in [1.165, 1.54) is 12.1 Å². The maximum absolute atomic E-state index is 13.0. The van der Waals surface area contributed by atoms with E-state index in [2.05, 4.69) is 5.32 Å². The number of nitro benzene ring substituents is 1. The highest BCUT2D eigenvalue weighted by atomic mass is 16.6. The third-order valence-electron chi connectivity index (χ3n) is 5.02. The maximum Gasteiger partial charge on any atom is 0.269 e. The van der Waals surface area contributed by atoms with Crippen LogP contribution in [-0.2, 0) is 0 Å². The normalized spacial score (nSPS) is 23.8. The fraction of sp³-hybridized carbons (Fsp3) is 0.300. The predicted molar refractivity (Wildman–Crippen MR) is 98.8 cm³/mol. The van der Waals surface area contributed by atoms with Gasteiger partial charge in [-0.25, -0.2) is 0 Å². The Morgan fingerprint density at radius 1 is 1.04 bits per heavy atom.